The van der Waals surface area contributed by atoms with Crippen molar-refractivity contribution in [3.63, 3.8) is 0 Å². The molecule has 0 bridgehead atoms. The fourth-order valence-electron chi connectivity index (χ4n) is 3.13. The van der Waals surface area contributed by atoms with E-state index >= 15 is 0 Å². The summed E-state index contributed by atoms with van der Waals surface area (Å²) in [7, 11) is 0. The Hall–Kier alpha value is -2.73. The molecule has 0 radical (unpaired) electrons. The van der Waals surface area contributed by atoms with Gasteiger partial charge in [0, 0.05) is 28.9 Å². The SMILES string of the molecule is [Li+].[c-]1ccc(-c2ccc3ccc4cccnc4c3n2)c2cccnc12. The summed E-state index contributed by atoms with van der Waals surface area (Å²) < 4.78 is 0. The van der Waals surface area contributed by atoms with Crippen LogP contribution in [0.3, 0.4) is 0 Å². The fourth-order valence-corrected chi connectivity index (χ4v) is 3.13. The molecule has 5 aromatic rings. The van der Waals surface area contributed by atoms with Gasteiger partial charge in [-0.05, 0) is 17.6 Å². The Morgan fingerprint density at radius 3 is 2.40 bits per heavy atom. The van der Waals surface area contributed by atoms with E-state index < -0.39 is 0 Å². The van der Waals surface area contributed by atoms with Crippen LogP contribution in [-0.2, 0) is 0 Å². The smallest absolute Gasteiger partial charge is 0.283 e. The molecule has 0 saturated carbocycles. The molecule has 0 spiro atoms. The summed E-state index contributed by atoms with van der Waals surface area (Å²) in [5.41, 5.74) is 4.70. The van der Waals surface area contributed by atoms with Gasteiger partial charge in [0.2, 0.25) is 0 Å². The van der Waals surface area contributed by atoms with Crippen molar-refractivity contribution in [1.82, 2.24) is 15.0 Å². The summed E-state index contributed by atoms with van der Waals surface area (Å²) in [6, 6.07) is 23.5. The molecule has 0 unspecified atom stereocenters. The van der Waals surface area contributed by atoms with Crippen LogP contribution in [0.15, 0.2) is 73.1 Å². The third kappa shape index (κ3) is 2.58. The first kappa shape index (κ1) is 15.8. The van der Waals surface area contributed by atoms with Gasteiger partial charge in [-0.2, -0.15) is 18.2 Å². The van der Waals surface area contributed by atoms with Crippen LogP contribution in [0.5, 0.6) is 0 Å². The zero-order valence-corrected chi connectivity index (χ0v) is 13.8. The first-order valence-electron chi connectivity index (χ1n) is 7.80. The standard InChI is InChI=1S/C21H12N3.Li/c1-5-17(16-6-3-12-22-18(16)7-1)19-11-10-15-9-8-14-4-2-13-23-20(14)21(15)24-19;/h1-6,8-13H;/q-1;+1. The maximum atomic E-state index is 4.92. The Morgan fingerprint density at radius 2 is 1.48 bits per heavy atom. The Kier molecular flexibility index (Phi) is 3.97. The van der Waals surface area contributed by atoms with Crippen molar-refractivity contribution in [3.05, 3.63) is 79.1 Å². The number of nitrogens with zero attached hydrogens (tertiary/aromatic N) is 3. The van der Waals surface area contributed by atoms with E-state index in [4.69, 9.17) is 4.98 Å². The van der Waals surface area contributed by atoms with Gasteiger partial charge < -0.3 is 0 Å². The predicted molar refractivity (Wildman–Crippen MR) is 96.6 cm³/mol. The van der Waals surface area contributed by atoms with E-state index in [0.717, 1.165) is 44.0 Å². The van der Waals surface area contributed by atoms with Crippen LogP contribution < -0.4 is 18.9 Å². The van der Waals surface area contributed by atoms with Crippen LogP contribution in [-0.4, -0.2) is 15.0 Å². The number of pyridine rings is 3. The molecule has 0 saturated heterocycles. The minimum absolute atomic E-state index is 0. The Bertz CT molecular complexity index is 1210. The molecule has 3 nitrogen and oxygen atoms in total. The largest absolute Gasteiger partial charge is 1.00 e. The van der Waals surface area contributed by atoms with Crippen LogP contribution in [0.25, 0.3) is 44.0 Å². The van der Waals surface area contributed by atoms with E-state index in [2.05, 4.69) is 52.4 Å². The van der Waals surface area contributed by atoms with Crippen molar-refractivity contribution in [3.8, 4) is 11.3 Å². The molecular weight excluding hydrogens is 301 g/mol. The van der Waals surface area contributed by atoms with E-state index in [1.54, 1.807) is 6.20 Å². The van der Waals surface area contributed by atoms with Crippen molar-refractivity contribution < 1.29 is 18.9 Å². The van der Waals surface area contributed by atoms with Crippen LogP contribution in [0.4, 0.5) is 0 Å². The second-order valence-corrected chi connectivity index (χ2v) is 5.70. The van der Waals surface area contributed by atoms with Crippen LogP contribution in [0.1, 0.15) is 0 Å². The maximum absolute atomic E-state index is 4.92. The molecule has 0 aliphatic rings. The summed E-state index contributed by atoms with van der Waals surface area (Å²) in [6.45, 7) is 0. The third-order valence-electron chi connectivity index (χ3n) is 4.28. The second kappa shape index (κ2) is 6.29. The molecule has 2 aromatic carbocycles. The average molecular weight is 313 g/mol. The molecule has 0 aliphatic carbocycles. The molecule has 25 heavy (non-hydrogen) atoms. The average Bonchev–Trinajstić information content (AvgIpc) is 2.67. The molecule has 0 N–H and O–H groups in total. The Balaban J connectivity index is 0.00000157. The van der Waals surface area contributed by atoms with Gasteiger partial charge in [-0.15, -0.1) is 17.0 Å². The van der Waals surface area contributed by atoms with Crippen molar-refractivity contribution in [2.75, 3.05) is 0 Å². The van der Waals surface area contributed by atoms with Crippen LogP contribution in [0.2, 0.25) is 0 Å². The third-order valence-corrected chi connectivity index (χ3v) is 4.28. The van der Waals surface area contributed by atoms with Gasteiger partial charge in [0.25, 0.3) is 0 Å². The fraction of sp³-hybridized carbons (Fsp3) is 0. The van der Waals surface area contributed by atoms with E-state index in [0.29, 0.717) is 0 Å². The molecule has 0 fully saturated rings. The molecule has 0 aliphatic heterocycles. The maximum Gasteiger partial charge on any atom is 1.00 e. The molecule has 112 valence electrons. The Labute approximate surface area is 156 Å². The van der Waals surface area contributed by atoms with Gasteiger partial charge in [-0.1, -0.05) is 30.3 Å². The number of fused-ring (bicyclic) bond motifs is 4. The molecule has 3 aromatic heterocycles. The monoisotopic (exact) mass is 313 g/mol. The summed E-state index contributed by atoms with van der Waals surface area (Å²) in [6.07, 6.45) is 3.60. The zero-order valence-electron chi connectivity index (χ0n) is 13.8. The summed E-state index contributed by atoms with van der Waals surface area (Å²) in [5, 5.41) is 3.25. The van der Waals surface area contributed by atoms with Crippen molar-refractivity contribution in [2.45, 2.75) is 0 Å². The Morgan fingerprint density at radius 1 is 0.720 bits per heavy atom. The molecule has 5 rings (SSSR count). The van der Waals surface area contributed by atoms with Crippen LogP contribution in [0, 0.1) is 6.07 Å². The first-order valence-corrected chi connectivity index (χ1v) is 7.80. The van der Waals surface area contributed by atoms with Gasteiger partial charge in [-0.25, -0.2) is 4.98 Å². The van der Waals surface area contributed by atoms with Gasteiger partial charge in [0.05, 0.1) is 11.0 Å². The molecule has 3 heterocycles. The van der Waals surface area contributed by atoms with Gasteiger partial charge >= 0.3 is 18.9 Å². The van der Waals surface area contributed by atoms with Gasteiger partial charge in [0.1, 0.15) is 0 Å². The number of hydrogen-bond acceptors (Lipinski definition) is 3. The van der Waals surface area contributed by atoms with E-state index in [9.17, 15) is 0 Å². The van der Waals surface area contributed by atoms with Crippen LogP contribution >= 0.6 is 0 Å². The number of benzene rings is 2. The van der Waals surface area contributed by atoms with E-state index in [-0.39, 0.29) is 18.9 Å². The summed E-state index contributed by atoms with van der Waals surface area (Å²) in [5.74, 6) is 0. The minimum atomic E-state index is 0. The quantitative estimate of drug-likeness (QED) is 0.269. The molecular formula is C21H12LiN3. The normalized spacial score (nSPS) is 10.9. The number of rotatable bonds is 1. The van der Waals surface area contributed by atoms with Gasteiger partial charge in [-0.3, -0.25) is 9.97 Å². The summed E-state index contributed by atoms with van der Waals surface area (Å²) in [4.78, 5) is 13.8. The zero-order chi connectivity index (χ0) is 15.9. The predicted octanol–water partition coefficient (Wildman–Crippen LogP) is 1.80. The van der Waals surface area contributed by atoms with E-state index in [1.807, 2.05) is 30.5 Å². The minimum Gasteiger partial charge on any atom is -0.283 e. The van der Waals surface area contributed by atoms with Gasteiger partial charge in [0.15, 0.2) is 0 Å². The van der Waals surface area contributed by atoms with Crippen molar-refractivity contribution in [2.24, 2.45) is 0 Å². The van der Waals surface area contributed by atoms with Crippen molar-refractivity contribution in [1.29, 1.82) is 0 Å². The first-order chi connectivity index (χ1) is 11.9. The second-order valence-electron chi connectivity index (χ2n) is 5.70. The molecule has 0 amide bonds. The molecule has 0 atom stereocenters. The molecule has 4 heteroatoms. The topological polar surface area (TPSA) is 38.7 Å². The number of hydrogen-bond donors (Lipinski definition) is 0. The van der Waals surface area contributed by atoms with Crippen molar-refractivity contribution >= 4 is 32.7 Å². The number of aromatic nitrogens is 3. The van der Waals surface area contributed by atoms with E-state index in [1.165, 1.54) is 0 Å². The summed E-state index contributed by atoms with van der Waals surface area (Å²) >= 11 is 0.